The Kier molecular flexibility index (Phi) is 4.18. The van der Waals surface area contributed by atoms with Gasteiger partial charge in [0.05, 0.1) is 33.6 Å². The Morgan fingerprint density at radius 1 is 1.21 bits per heavy atom. The summed E-state index contributed by atoms with van der Waals surface area (Å²) in [6.45, 7) is 1.88. The van der Waals surface area contributed by atoms with Crippen molar-refractivity contribution in [3.05, 3.63) is 52.5 Å². The zero-order chi connectivity index (χ0) is 17.3. The average molecular weight is 341 g/mol. The largest absolute Gasteiger partial charge is 0.496 e. The molecule has 122 valence electrons. The summed E-state index contributed by atoms with van der Waals surface area (Å²) in [6.07, 6.45) is 0. The van der Waals surface area contributed by atoms with E-state index in [2.05, 4.69) is 10.3 Å². The Hall–Kier alpha value is -2.93. The minimum absolute atomic E-state index is 0.248. The van der Waals surface area contributed by atoms with Crippen LogP contribution >= 0.6 is 11.3 Å². The third kappa shape index (κ3) is 2.81. The second kappa shape index (κ2) is 6.29. The van der Waals surface area contributed by atoms with Crippen molar-refractivity contribution in [1.29, 1.82) is 0 Å². The first-order chi connectivity index (χ1) is 11.5. The highest BCUT2D eigenvalue weighted by Gasteiger charge is 2.20. The van der Waals surface area contributed by atoms with E-state index in [1.54, 1.807) is 30.3 Å². The van der Waals surface area contributed by atoms with Crippen molar-refractivity contribution in [2.75, 3.05) is 12.4 Å². The minimum Gasteiger partial charge on any atom is -0.496 e. The topological polar surface area (TPSA) is 94.3 Å². The predicted molar refractivity (Wildman–Crippen MR) is 93.8 cm³/mol. The molecule has 1 heterocycles. The summed E-state index contributed by atoms with van der Waals surface area (Å²) >= 11 is 1.41. The van der Waals surface area contributed by atoms with Crippen LogP contribution < -0.4 is 15.8 Å². The lowest BCUT2D eigenvalue weighted by Crippen LogP contribution is -2.18. The molecule has 0 spiro atoms. The molecule has 24 heavy (non-hydrogen) atoms. The van der Waals surface area contributed by atoms with E-state index in [9.17, 15) is 9.59 Å². The zero-order valence-electron chi connectivity index (χ0n) is 13.1. The van der Waals surface area contributed by atoms with Crippen LogP contribution in [0.2, 0.25) is 0 Å². The molecule has 3 aromatic rings. The van der Waals surface area contributed by atoms with E-state index in [1.165, 1.54) is 18.4 Å². The summed E-state index contributed by atoms with van der Waals surface area (Å²) in [5, 5.41) is 3.60. The Bertz CT molecular complexity index is 949. The van der Waals surface area contributed by atoms with E-state index < -0.39 is 5.91 Å². The number of amides is 2. The molecule has 1 aromatic heterocycles. The quantitative estimate of drug-likeness (QED) is 0.763. The summed E-state index contributed by atoms with van der Waals surface area (Å²) in [6, 6.07) is 10.1. The zero-order valence-corrected chi connectivity index (χ0v) is 13.9. The van der Waals surface area contributed by atoms with Crippen molar-refractivity contribution in [2.24, 2.45) is 5.73 Å². The fourth-order valence-corrected chi connectivity index (χ4v) is 3.42. The summed E-state index contributed by atoms with van der Waals surface area (Å²) in [7, 11) is 1.50. The summed E-state index contributed by atoms with van der Waals surface area (Å²) in [5.41, 5.74) is 7.08. The van der Waals surface area contributed by atoms with Crippen LogP contribution in [0.4, 0.5) is 5.69 Å². The van der Waals surface area contributed by atoms with Gasteiger partial charge < -0.3 is 15.8 Å². The number of nitrogens with two attached hydrogens (primary N) is 1. The molecule has 2 amide bonds. The molecule has 0 bridgehead atoms. The fraction of sp³-hybridized carbons (Fsp3) is 0.118. The van der Waals surface area contributed by atoms with Crippen LogP contribution in [0, 0.1) is 6.92 Å². The number of nitrogens with one attached hydrogen (secondary N) is 1. The molecule has 0 aliphatic rings. The number of benzene rings is 2. The van der Waals surface area contributed by atoms with Gasteiger partial charge in [0.1, 0.15) is 11.3 Å². The van der Waals surface area contributed by atoms with Gasteiger partial charge in [0.2, 0.25) is 0 Å². The number of thiazole rings is 1. The number of carbonyl (C=O) groups is 2. The molecule has 2 aromatic carbocycles. The number of aryl methyl sites for hydroxylation is 1. The number of hydrogen-bond donors (Lipinski definition) is 2. The van der Waals surface area contributed by atoms with Crippen LogP contribution in [0.5, 0.6) is 5.75 Å². The van der Waals surface area contributed by atoms with Gasteiger partial charge in [0.25, 0.3) is 11.8 Å². The number of nitrogens with zero attached hydrogens (tertiary/aromatic N) is 1. The minimum atomic E-state index is -0.607. The van der Waals surface area contributed by atoms with E-state index in [4.69, 9.17) is 10.5 Å². The molecule has 0 radical (unpaired) electrons. The first kappa shape index (κ1) is 15.9. The van der Waals surface area contributed by atoms with Crippen LogP contribution in [0.1, 0.15) is 25.7 Å². The fourth-order valence-electron chi connectivity index (χ4n) is 2.46. The molecule has 0 atom stereocenters. The summed E-state index contributed by atoms with van der Waals surface area (Å²) in [4.78, 5) is 28.7. The average Bonchev–Trinajstić information content (AvgIpc) is 2.94. The molecule has 6 nitrogen and oxygen atoms in total. The maximum Gasteiger partial charge on any atom is 0.260 e. The second-order valence-electron chi connectivity index (χ2n) is 5.09. The van der Waals surface area contributed by atoms with Crippen LogP contribution in [-0.2, 0) is 0 Å². The van der Waals surface area contributed by atoms with Gasteiger partial charge in [-0.15, -0.1) is 11.3 Å². The summed E-state index contributed by atoms with van der Waals surface area (Å²) in [5.74, 6) is -0.542. The van der Waals surface area contributed by atoms with Crippen LogP contribution in [0.3, 0.4) is 0 Å². The molecule has 0 unspecified atom stereocenters. The van der Waals surface area contributed by atoms with Crippen molar-refractivity contribution in [3.8, 4) is 5.75 Å². The molecule has 0 aliphatic heterocycles. The van der Waals surface area contributed by atoms with Gasteiger partial charge in [-0.1, -0.05) is 12.1 Å². The van der Waals surface area contributed by atoms with E-state index in [0.717, 1.165) is 15.2 Å². The van der Waals surface area contributed by atoms with Crippen molar-refractivity contribution >= 4 is 39.1 Å². The third-order valence-corrected chi connectivity index (χ3v) is 4.52. The van der Waals surface area contributed by atoms with Crippen molar-refractivity contribution in [1.82, 2.24) is 4.98 Å². The molecular formula is C17H15N3O3S. The van der Waals surface area contributed by atoms with E-state index in [1.807, 2.05) is 13.0 Å². The number of primary amides is 1. The number of hydrogen-bond acceptors (Lipinski definition) is 5. The summed E-state index contributed by atoms with van der Waals surface area (Å²) < 4.78 is 6.06. The number of carbonyl (C=O) groups excluding carboxylic acids is 2. The monoisotopic (exact) mass is 341 g/mol. The van der Waals surface area contributed by atoms with Crippen LogP contribution in [0.15, 0.2) is 36.4 Å². The van der Waals surface area contributed by atoms with E-state index in [-0.39, 0.29) is 11.5 Å². The van der Waals surface area contributed by atoms with Crippen molar-refractivity contribution in [3.63, 3.8) is 0 Å². The SMILES string of the molecule is COc1ccc2nc(C)sc2c1C(=O)Nc1ccccc1C(N)=O. The Morgan fingerprint density at radius 2 is 1.96 bits per heavy atom. The van der Waals surface area contributed by atoms with Crippen molar-refractivity contribution < 1.29 is 14.3 Å². The van der Waals surface area contributed by atoms with Crippen LogP contribution in [0.25, 0.3) is 10.2 Å². The van der Waals surface area contributed by atoms with Gasteiger partial charge in [-0.2, -0.15) is 0 Å². The highest BCUT2D eigenvalue weighted by atomic mass is 32.1. The van der Waals surface area contributed by atoms with E-state index in [0.29, 0.717) is 17.0 Å². The van der Waals surface area contributed by atoms with Gasteiger partial charge in [-0.05, 0) is 31.2 Å². The number of anilines is 1. The van der Waals surface area contributed by atoms with Gasteiger partial charge in [-0.25, -0.2) is 4.98 Å². The molecule has 3 N–H and O–H groups in total. The highest BCUT2D eigenvalue weighted by molar-refractivity contribution is 7.19. The van der Waals surface area contributed by atoms with Gasteiger partial charge in [-0.3, -0.25) is 9.59 Å². The van der Waals surface area contributed by atoms with E-state index >= 15 is 0 Å². The molecule has 7 heteroatoms. The Balaban J connectivity index is 2.08. The number of rotatable bonds is 4. The molecule has 0 saturated heterocycles. The molecule has 0 fully saturated rings. The van der Waals surface area contributed by atoms with Crippen molar-refractivity contribution in [2.45, 2.75) is 6.92 Å². The third-order valence-electron chi connectivity index (χ3n) is 3.51. The maximum atomic E-state index is 12.8. The second-order valence-corrected chi connectivity index (χ2v) is 6.29. The Labute approximate surface area is 142 Å². The Morgan fingerprint density at radius 3 is 2.67 bits per heavy atom. The smallest absolute Gasteiger partial charge is 0.260 e. The number of aromatic nitrogens is 1. The van der Waals surface area contributed by atoms with Gasteiger partial charge in [0, 0.05) is 0 Å². The van der Waals surface area contributed by atoms with Crippen LogP contribution in [-0.4, -0.2) is 23.9 Å². The standard InChI is InChI=1S/C17H15N3O3S/c1-9-19-12-7-8-13(23-2)14(15(12)24-9)17(22)20-11-6-4-3-5-10(11)16(18)21/h3-8H,1-2H3,(H2,18,21)(H,20,22). The number of ether oxygens (including phenoxy) is 1. The molecule has 0 saturated carbocycles. The first-order valence-electron chi connectivity index (χ1n) is 7.15. The maximum absolute atomic E-state index is 12.8. The highest BCUT2D eigenvalue weighted by Crippen LogP contribution is 2.33. The first-order valence-corrected chi connectivity index (χ1v) is 7.97. The number of fused-ring (bicyclic) bond motifs is 1. The van der Waals surface area contributed by atoms with Gasteiger partial charge >= 0.3 is 0 Å². The lowest BCUT2D eigenvalue weighted by molar-refractivity contribution is 0.100. The normalized spacial score (nSPS) is 10.6. The number of para-hydroxylation sites is 1. The predicted octanol–water partition coefficient (Wildman–Crippen LogP) is 2.96. The molecule has 3 rings (SSSR count). The lowest BCUT2D eigenvalue weighted by atomic mass is 10.1. The molecule has 0 aliphatic carbocycles. The van der Waals surface area contributed by atoms with Gasteiger partial charge in [0.15, 0.2) is 0 Å². The number of methoxy groups -OCH3 is 1. The lowest BCUT2D eigenvalue weighted by Gasteiger charge is -2.12. The molecular weight excluding hydrogens is 326 g/mol.